The number of aromatic carboxylic acids is 1. The van der Waals surface area contributed by atoms with Crippen molar-refractivity contribution >= 4 is 74.8 Å². The molecule has 0 aromatic carbocycles. The Morgan fingerprint density at radius 3 is 2.51 bits per heavy atom. The largest absolute Gasteiger partial charge is 1.00 e. The van der Waals surface area contributed by atoms with Gasteiger partial charge < -0.3 is 44.6 Å². The second-order valence-corrected chi connectivity index (χ2v) is 14.7. The first-order valence-electron chi connectivity index (χ1n) is 14.6. The van der Waals surface area contributed by atoms with Gasteiger partial charge in [0.25, 0.3) is 0 Å². The standard InChI is InChI=1S/C29H32FN5O7S3.2Na/c1-12-20-19(13(2)36)26(38)35(20)21(28(41)42)23(12)44-7-8-45-29(43)31-14-5-6-33(10-14)25-18(30)9-16-22(37)17(27(39)40)11-34(15-3-4-15)24(16)32-25;;/h9,11-15,19-20,36H,3-8,10H2,1-2H3,(H,31,43)(H,39,40)(H,41,42);;/q;2*+1/p-2/t12-,13+,14?,19-,20-;;/m0../s1. The summed E-state index contributed by atoms with van der Waals surface area (Å²) >= 11 is 8.26. The molecule has 3 fully saturated rings. The van der Waals surface area contributed by atoms with E-state index in [0.717, 1.165) is 18.9 Å². The normalized spacial score (nSPS) is 24.0. The van der Waals surface area contributed by atoms with Crippen molar-refractivity contribution in [1.29, 1.82) is 0 Å². The zero-order chi connectivity index (χ0) is 32.3. The number of aliphatic carboxylic acids is 1. The van der Waals surface area contributed by atoms with Gasteiger partial charge in [0.05, 0.1) is 46.6 Å². The number of nitrogens with zero attached hydrogens (tertiary/aromatic N) is 4. The molecule has 0 spiro atoms. The number of rotatable bonds is 10. The number of amides is 1. The third-order valence-corrected chi connectivity index (χ3v) is 11.6. The van der Waals surface area contributed by atoms with E-state index in [9.17, 15) is 34.5 Å². The summed E-state index contributed by atoms with van der Waals surface area (Å²) in [5.41, 5.74) is -1.21. The Balaban J connectivity index is 0.00000250. The molecule has 2 N–H and O–H groups in total. The molecular weight excluding hydrogens is 692 g/mol. The van der Waals surface area contributed by atoms with Crippen molar-refractivity contribution in [2.75, 3.05) is 29.5 Å². The molecule has 47 heavy (non-hydrogen) atoms. The minimum absolute atomic E-state index is 0. The molecular formula is C29H30FN5Na2O7S3. The van der Waals surface area contributed by atoms with E-state index in [2.05, 4.69) is 10.3 Å². The van der Waals surface area contributed by atoms with Crippen LogP contribution in [0.5, 0.6) is 0 Å². The SMILES string of the molecule is C[C@@H]1C(SCCSC(=S)NC2CCN(c3nc4c(cc3F)c(=O)c(C(=O)[O-])cn4C3CC3)C2)=C(C(=O)[O-])N2C(=O)[C@@H]([C@@H](C)O)[C@H]12.[Na+].[Na+]. The van der Waals surface area contributed by atoms with Gasteiger partial charge in [-0.3, -0.25) is 9.59 Å². The topological polar surface area (TPSA) is 171 Å². The Hall–Kier alpha value is -1.21. The number of hydrogen-bond acceptors (Lipinski definition) is 12. The molecule has 1 aliphatic carbocycles. The van der Waals surface area contributed by atoms with Crippen LogP contribution >= 0.6 is 35.7 Å². The van der Waals surface area contributed by atoms with Crippen LogP contribution in [0, 0.1) is 17.7 Å². The smallest absolute Gasteiger partial charge is 0.545 e. The van der Waals surface area contributed by atoms with E-state index in [1.807, 2.05) is 6.92 Å². The molecule has 5 heterocycles. The molecule has 6 rings (SSSR count). The Morgan fingerprint density at radius 1 is 1.19 bits per heavy atom. The number of carboxylic acids is 2. The molecule has 12 nitrogen and oxygen atoms in total. The average Bonchev–Trinajstić information content (AvgIpc) is 3.66. The summed E-state index contributed by atoms with van der Waals surface area (Å²) in [6, 6.07) is 0.569. The quantitative estimate of drug-likeness (QED) is 0.103. The summed E-state index contributed by atoms with van der Waals surface area (Å²) in [4.78, 5) is 56.6. The molecule has 3 aliphatic heterocycles. The number of anilines is 1. The van der Waals surface area contributed by atoms with Crippen LogP contribution in [-0.4, -0.2) is 84.5 Å². The van der Waals surface area contributed by atoms with Gasteiger partial charge in [0.1, 0.15) is 9.97 Å². The van der Waals surface area contributed by atoms with Crippen molar-refractivity contribution in [2.24, 2.45) is 11.8 Å². The van der Waals surface area contributed by atoms with Crippen molar-refractivity contribution in [3.63, 3.8) is 0 Å². The van der Waals surface area contributed by atoms with E-state index in [-0.39, 0.29) is 99.7 Å². The number of aliphatic hydroxyl groups excluding tert-OH is 1. The number of nitrogens with one attached hydrogen (secondary N) is 1. The molecule has 0 radical (unpaired) electrons. The van der Waals surface area contributed by atoms with Crippen molar-refractivity contribution in [3.05, 3.63) is 44.5 Å². The number of thioether (sulfide) groups is 2. The van der Waals surface area contributed by atoms with Crippen LogP contribution in [0.4, 0.5) is 10.2 Å². The van der Waals surface area contributed by atoms with E-state index < -0.39 is 52.7 Å². The summed E-state index contributed by atoms with van der Waals surface area (Å²) in [6.07, 6.45) is 2.63. The molecule has 1 saturated carbocycles. The summed E-state index contributed by atoms with van der Waals surface area (Å²) < 4.78 is 17.4. The molecule has 2 saturated heterocycles. The van der Waals surface area contributed by atoms with Crippen LogP contribution in [0.15, 0.2) is 27.7 Å². The average molecular weight is 722 g/mol. The number of fused-ring (bicyclic) bond motifs is 2. The van der Waals surface area contributed by atoms with Gasteiger partial charge in [0.2, 0.25) is 5.91 Å². The minimum atomic E-state index is -1.61. The second-order valence-electron chi connectivity index (χ2n) is 11.8. The minimum Gasteiger partial charge on any atom is -0.545 e. The van der Waals surface area contributed by atoms with Crippen LogP contribution in [0.1, 0.15) is 49.5 Å². The van der Waals surface area contributed by atoms with Gasteiger partial charge in [0.15, 0.2) is 17.1 Å². The molecule has 18 heteroatoms. The number of halogens is 1. The van der Waals surface area contributed by atoms with E-state index in [4.69, 9.17) is 12.2 Å². The summed E-state index contributed by atoms with van der Waals surface area (Å²) in [6.45, 7) is 4.28. The molecule has 0 bridgehead atoms. The van der Waals surface area contributed by atoms with Gasteiger partial charge in [-0.15, -0.1) is 11.8 Å². The maximum absolute atomic E-state index is 15.2. The Bertz CT molecular complexity index is 1720. The molecule has 2 aromatic heterocycles. The monoisotopic (exact) mass is 721 g/mol. The number of hydrogen-bond donors (Lipinski definition) is 2. The fourth-order valence-corrected chi connectivity index (χ4v) is 8.97. The maximum Gasteiger partial charge on any atom is 1.00 e. The van der Waals surface area contributed by atoms with Gasteiger partial charge in [-0.05, 0) is 32.3 Å². The number of carbonyl (C=O) groups is 3. The third kappa shape index (κ3) is 7.33. The molecule has 5 atom stereocenters. The first-order valence-corrected chi connectivity index (χ1v) is 17.0. The number of aliphatic hydroxyl groups is 1. The van der Waals surface area contributed by atoms with Gasteiger partial charge in [0, 0.05) is 53.7 Å². The molecule has 240 valence electrons. The van der Waals surface area contributed by atoms with E-state index in [1.165, 1.54) is 41.5 Å². The number of β-lactam (4-membered cyclic amide) rings is 1. The zero-order valence-electron chi connectivity index (χ0n) is 26.4. The van der Waals surface area contributed by atoms with Gasteiger partial charge in [-0.1, -0.05) is 30.9 Å². The van der Waals surface area contributed by atoms with Crippen LogP contribution in [-0.2, 0) is 9.59 Å². The maximum atomic E-state index is 15.2. The van der Waals surface area contributed by atoms with Crippen LogP contribution in [0.3, 0.4) is 0 Å². The first-order chi connectivity index (χ1) is 21.4. The van der Waals surface area contributed by atoms with Gasteiger partial charge >= 0.3 is 59.1 Å². The van der Waals surface area contributed by atoms with Crippen molar-refractivity contribution in [2.45, 2.75) is 57.3 Å². The van der Waals surface area contributed by atoms with Crippen molar-refractivity contribution in [3.8, 4) is 0 Å². The Labute approximate surface area is 327 Å². The van der Waals surface area contributed by atoms with Crippen LogP contribution < -0.4 is 85.0 Å². The summed E-state index contributed by atoms with van der Waals surface area (Å²) in [5, 5.41) is 36.6. The Morgan fingerprint density at radius 2 is 1.89 bits per heavy atom. The predicted molar refractivity (Wildman–Crippen MR) is 167 cm³/mol. The fourth-order valence-electron chi connectivity index (χ4n) is 6.51. The van der Waals surface area contributed by atoms with Crippen molar-refractivity contribution < 1.29 is 93.2 Å². The van der Waals surface area contributed by atoms with Crippen LogP contribution in [0.25, 0.3) is 11.0 Å². The Kier molecular flexibility index (Phi) is 12.6. The molecule has 1 unspecified atom stereocenters. The summed E-state index contributed by atoms with van der Waals surface area (Å²) in [7, 11) is 0. The van der Waals surface area contributed by atoms with E-state index >= 15 is 4.39 Å². The molecule has 1 amide bonds. The number of pyridine rings is 2. The second kappa shape index (κ2) is 15.4. The summed E-state index contributed by atoms with van der Waals surface area (Å²) in [5.74, 6) is -3.82. The third-order valence-electron chi connectivity index (χ3n) is 8.79. The van der Waals surface area contributed by atoms with Gasteiger partial charge in [-0.2, -0.15) is 0 Å². The van der Waals surface area contributed by atoms with Crippen LogP contribution in [0.2, 0.25) is 0 Å². The predicted octanol–water partition coefficient (Wildman–Crippen LogP) is -6.02. The van der Waals surface area contributed by atoms with Crippen molar-refractivity contribution in [1.82, 2.24) is 19.8 Å². The van der Waals surface area contributed by atoms with E-state index in [1.54, 1.807) is 9.47 Å². The number of carbonyl (C=O) groups excluding carboxylic acids is 3. The first kappa shape index (κ1) is 38.6. The number of aromatic nitrogens is 2. The zero-order valence-corrected chi connectivity index (χ0v) is 32.8. The van der Waals surface area contributed by atoms with E-state index in [0.29, 0.717) is 40.2 Å². The molecule has 2 aromatic rings. The fraction of sp³-hybridized carbons (Fsp3) is 0.517. The number of carboxylic acid groups (broad SMARTS) is 2. The number of thiocarbonyl (C=S) groups is 1. The molecule has 4 aliphatic rings. The van der Waals surface area contributed by atoms with Gasteiger partial charge in [-0.25, -0.2) is 9.37 Å².